The topological polar surface area (TPSA) is 64.7 Å². The molecule has 0 aliphatic rings. The van der Waals surface area contributed by atoms with Crippen LogP contribution in [0.15, 0.2) is 42.7 Å². The highest BCUT2D eigenvalue weighted by atomic mass is 19.1. The Morgan fingerprint density at radius 3 is 2.67 bits per heavy atom. The molecule has 0 aliphatic carbocycles. The Balaban J connectivity index is 1.70. The molecule has 0 radical (unpaired) electrons. The smallest absolute Gasteiger partial charge is 0.248 e. The first-order valence-corrected chi connectivity index (χ1v) is 8.76. The van der Waals surface area contributed by atoms with Gasteiger partial charge in [0.2, 0.25) is 5.91 Å². The first-order valence-electron chi connectivity index (χ1n) is 8.76. The number of amides is 1. The van der Waals surface area contributed by atoms with Crippen molar-refractivity contribution in [3.63, 3.8) is 0 Å². The van der Waals surface area contributed by atoms with Crippen LogP contribution >= 0.6 is 0 Å². The highest BCUT2D eigenvalue weighted by Crippen LogP contribution is 2.20. The molecule has 0 spiro atoms. The number of aromatic nitrogens is 4. The second kappa shape index (κ2) is 7.99. The monoisotopic (exact) mass is 367 g/mol. The molecular formula is C20H22FN5O. The molecule has 0 saturated carbocycles. The predicted octanol–water partition coefficient (Wildman–Crippen LogP) is 3.56. The molecule has 0 unspecified atom stereocenters. The average molecular weight is 367 g/mol. The van der Waals surface area contributed by atoms with Gasteiger partial charge in [-0.1, -0.05) is 12.1 Å². The third kappa shape index (κ3) is 4.49. The van der Waals surface area contributed by atoms with Crippen molar-refractivity contribution < 1.29 is 9.18 Å². The molecule has 27 heavy (non-hydrogen) atoms. The number of benzene rings is 1. The quantitative estimate of drug-likeness (QED) is 0.678. The van der Waals surface area contributed by atoms with E-state index >= 15 is 0 Å². The zero-order valence-corrected chi connectivity index (χ0v) is 15.6. The summed E-state index contributed by atoms with van der Waals surface area (Å²) in [5.41, 5.74) is 4.07. The highest BCUT2D eigenvalue weighted by molar-refractivity contribution is 6.02. The van der Waals surface area contributed by atoms with E-state index in [1.807, 2.05) is 27.0 Å². The van der Waals surface area contributed by atoms with Gasteiger partial charge in [-0.15, -0.1) is 0 Å². The fourth-order valence-electron chi connectivity index (χ4n) is 2.77. The van der Waals surface area contributed by atoms with Gasteiger partial charge in [-0.2, -0.15) is 10.2 Å². The molecule has 2 heterocycles. The lowest BCUT2D eigenvalue weighted by Crippen LogP contribution is -2.10. The summed E-state index contributed by atoms with van der Waals surface area (Å²) in [6.07, 6.45) is 6.79. The second-order valence-corrected chi connectivity index (χ2v) is 6.28. The van der Waals surface area contributed by atoms with E-state index in [1.165, 1.54) is 18.2 Å². The molecule has 6 nitrogen and oxygen atoms in total. The zero-order chi connectivity index (χ0) is 19.4. The van der Waals surface area contributed by atoms with Crippen LogP contribution in [0, 0.1) is 19.7 Å². The van der Waals surface area contributed by atoms with E-state index in [9.17, 15) is 9.18 Å². The summed E-state index contributed by atoms with van der Waals surface area (Å²) in [5, 5.41) is 11.5. The number of hydrogen-bond donors (Lipinski definition) is 1. The fraction of sp³-hybridized carbons (Fsp3) is 0.250. The number of halogens is 1. The van der Waals surface area contributed by atoms with Gasteiger partial charge < -0.3 is 5.32 Å². The number of nitrogens with zero attached hydrogens (tertiary/aromatic N) is 4. The van der Waals surface area contributed by atoms with Crippen molar-refractivity contribution >= 4 is 17.7 Å². The Hall–Kier alpha value is -3.22. The number of anilines is 1. The Bertz CT molecular complexity index is 969. The first-order chi connectivity index (χ1) is 13.0. The Labute approximate surface area is 157 Å². The number of nitrogens with one attached hydrogen (secondary N) is 1. The molecular weight excluding hydrogens is 345 g/mol. The van der Waals surface area contributed by atoms with Gasteiger partial charge in [0, 0.05) is 24.4 Å². The van der Waals surface area contributed by atoms with E-state index in [1.54, 1.807) is 33.8 Å². The van der Waals surface area contributed by atoms with Gasteiger partial charge in [-0.25, -0.2) is 4.39 Å². The van der Waals surface area contributed by atoms with Gasteiger partial charge in [-0.05, 0) is 44.5 Å². The summed E-state index contributed by atoms with van der Waals surface area (Å²) in [6.45, 7) is 7.04. The summed E-state index contributed by atoms with van der Waals surface area (Å²) < 4.78 is 16.6. The van der Waals surface area contributed by atoms with Crippen LogP contribution in [0.4, 0.5) is 10.1 Å². The summed E-state index contributed by atoms with van der Waals surface area (Å²) in [7, 11) is 0. The van der Waals surface area contributed by atoms with Gasteiger partial charge in [0.15, 0.2) is 0 Å². The Morgan fingerprint density at radius 1 is 1.26 bits per heavy atom. The number of hydrogen-bond acceptors (Lipinski definition) is 3. The highest BCUT2D eigenvalue weighted by Gasteiger charge is 2.13. The van der Waals surface area contributed by atoms with Gasteiger partial charge in [-0.3, -0.25) is 14.2 Å². The van der Waals surface area contributed by atoms with Crippen molar-refractivity contribution in [3.8, 4) is 0 Å². The van der Waals surface area contributed by atoms with Crippen molar-refractivity contribution in [1.29, 1.82) is 0 Å². The summed E-state index contributed by atoms with van der Waals surface area (Å²) in [5.74, 6) is -0.497. The second-order valence-electron chi connectivity index (χ2n) is 6.28. The molecule has 0 saturated heterocycles. The van der Waals surface area contributed by atoms with Crippen molar-refractivity contribution in [2.75, 3.05) is 5.32 Å². The molecule has 0 bridgehead atoms. The van der Waals surface area contributed by atoms with Crippen molar-refractivity contribution in [2.45, 2.75) is 33.9 Å². The maximum atomic E-state index is 13.1. The lowest BCUT2D eigenvalue weighted by molar-refractivity contribution is -0.111. The molecule has 0 aliphatic heterocycles. The lowest BCUT2D eigenvalue weighted by Gasteiger charge is -2.06. The van der Waals surface area contributed by atoms with Crippen LogP contribution in [0.3, 0.4) is 0 Å². The molecule has 3 rings (SSSR count). The number of carbonyl (C=O) groups excluding carboxylic acids is 1. The minimum absolute atomic E-state index is 0.230. The molecule has 0 fully saturated rings. The molecule has 0 atom stereocenters. The van der Waals surface area contributed by atoms with E-state index in [4.69, 9.17) is 0 Å². The number of aryl methyl sites for hydroxylation is 2. The van der Waals surface area contributed by atoms with E-state index in [0.717, 1.165) is 29.1 Å². The normalized spacial score (nSPS) is 11.3. The lowest BCUT2D eigenvalue weighted by atomic mass is 10.2. The predicted molar refractivity (Wildman–Crippen MR) is 103 cm³/mol. The Morgan fingerprint density at radius 2 is 2.00 bits per heavy atom. The SMILES string of the molecule is CCn1cc(C=CC(=O)Nc2c(C)nn(Cc3ccc(F)cc3)c2C)cn1. The van der Waals surface area contributed by atoms with Crippen LogP contribution in [-0.4, -0.2) is 25.5 Å². The number of carbonyl (C=O) groups is 1. The molecule has 1 N–H and O–H groups in total. The van der Waals surface area contributed by atoms with E-state index in [2.05, 4.69) is 15.5 Å². The third-order valence-corrected chi connectivity index (χ3v) is 4.28. The van der Waals surface area contributed by atoms with Crippen LogP contribution in [0.2, 0.25) is 0 Å². The van der Waals surface area contributed by atoms with E-state index < -0.39 is 0 Å². The number of rotatable bonds is 6. The molecule has 3 aromatic rings. The molecule has 140 valence electrons. The van der Waals surface area contributed by atoms with E-state index in [-0.39, 0.29) is 11.7 Å². The zero-order valence-electron chi connectivity index (χ0n) is 15.6. The molecule has 2 aromatic heterocycles. The maximum Gasteiger partial charge on any atom is 0.248 e. The van der Waals surface area contributed by atoms with Crippen molar-refractivity contribution in [2.24, 2.45) is 0 Å². The largest absolute Gasteiger partial charge is 0.319 e. The van der Waals surface area contributed by atoms with E-state index in [0.29, 0.717) is 12.2 Å². The summed E-state index contributed by atoms with van der Waals surface area (Å²) in [4.78, 5) is 12.3. The minimum atomic E-state index is -0.267. The van der Waals surface area contributed by atoms with Crippen molar-refractivity contribution in [3.05, 3.63) is 71.1 Å². The van der Waals surface area contributed by atoms with Crippen LogP contribution in [0.1, 0.15) is 29.4 Å². The third-order valence-electron chi connectivity index (χ3n) is 4.28. The average Bonchev–Trinajstić information content (AvgIpc) is 3.22. The van der Waals surface area contributed by atoms with Crippen LogP contribution in [0.5, 0.6) is 0 Å². The van der Waals surface area contributed by atoms with Gasteiger partial charge in [0.05, 0.1) is 29.8 Å². The standard InChI is InChI=1S/C20H22FN5O/c1-4-25-12-17(11-22-25)7-10-19(27)23-20-14(2)24-26(15(20)3)13-16-5-8-18(21)9-6-16/h5-12H,4,13H2,1-3H3,(H,23,27). The molecule has 1 aromatic carbocycles. The van der Waals surface area contributed by atoms with Crippen LogP contribution < -0.4 is 5.32 Å². The fourth-order valence-corrected chi connectivity index (χ4v) is 2.77. The van der Waals surface area contributed by atoms with Gasteiger partial charge in [0.1, 0.15) is 5.82 Å². The molecule has 7 heteroatoms. The summed E-state index contributed by atoms with van der Waals surface area (Å²) >= 11 is 0. The van der Waals surface area contributed by atoms with Crippen LogP contribution in [-0.2, 0) is 17.9 Å². The molecule has 1 amide bonds. The summed E-state index contributed by atoms with van der Waals surface area (Å²) in [6, 6.07) is 6.30. The minimum Gasteiger partial charge on any atom is -0.319 e. The van der Waals surface area contributed by atoms with Crippen molar-refractivity contribution in [1.82, 2.24) is 19.6 Å². The Kier molecular flexibility index (Phi) is 5.49. The maximum absolute atomic E-state index is 13.1. The van der Waals surface area contributed by atoms with Gasteiger partial charge >= 0.3 is 0 Å². The first kappa shape index (κ1) is 18.6. The van der Waals surface area contributed by atoms with Gasteiger partial charge in [0.25, 0.3) is 0 Å². The van der Waals surface area contributed by atoms with Crippen LogP contribution in [0.25, 0.3) is 6.08 Å².